The smallest absolute Gasteiger partial charge is 0.118 e. The van der Waals surface area contributed by atoms with E-state index in [9.17, 15) is 0 Å². The summed E-state index contributed by atoms with van der Waals surface area (Å²) in [6.07, 6.45) is 0.920. The van der Waals surface area contributed by atoms with Crippen LogP contribution in [0.4, 0.5) is 0 Å². The molecule has 0 saturated heterocycles. The van der Waals surface area contributed by atoms with E-state index in [0.29, 0.717) is 0 Å². The third-order valence-corrected chi connectivity index (χ3v) is 4.39. The highest BCUT2D eigenvalue weighted by atomic mass is 79.9. The van der Waals surface area contributed by atoms with Gasteiger partial charge in [0.25, 0.3) is 0 Å². The third kappa shape index (κ3) is 3.74. The zero-order valence-corrected chi connectivity index (χ0v) is 13.3. The second kappa shape index (κ2) is 6.44. The summed E-state index contributed by atoms with van der Waals surface area (Å²) in [5, 5.41) is 0.816. The number of aryl methyl sites for hydroxylation is 1. The van der Waals surface area contributed by atoms with Crippen molar-refractivity contribution < 1.29 is 4.74 Å². The summed E-state index contributed by atoms with van der Waals surface area (Å²) in [5.74, 6) is 0.883. The first kappa shape index (κ1) is 14.4. The largest absolute Gasteiger partial charge is 0.497 e. The van der Waals surface area contributed by atoms with Crippen LogP contribution in [0.5, 0.6) is 5.75 Å². The van der Waals surface area contributed by atoms with Crippen molar-refractivity contribution in [3.8, 4) is 5.75 Å². The fourth-order valence-electron chi connectivity index (χ4n) is 1.89. The minimum absolute atomic E-state index is 0.263. The average molecular weight is 340 g/mol. The molecule has 0 aliphatic heterocycles. The number of hydrogen-bond acceptors (Lipinski definition) is 1. The van der Waals surface area contributed by atoms with Crippen LogP contribution in [-0.2, 0) is 6.42 Å². The van der Waals surface area contributed by atoms with Crippen molar-refractivity contribution in [3.63, 3.8) is 0 Å². The summed E-state index contributed by atoms with van der Waals surface area (Å²) in [6.45, 7) is 2.01. The Bertz CT molecular complexity index is 551. The van der Waals surface area contributed by atoms with E-state index < -0.39 is 0 Å². The molecule has 19 heavy (non-hydrogen) atoms. The molecule has 0 aliphatic rings. The van der Waals surface area contributed by atoms with Crippen LogP contribution in [0.1, 0.15) is 21.5 Å². The molecule has 0 N–H and O–H groups in total. The minimum Gasteiger partial charge on any atom is -0.497 e. The Morgan fingerprint density at radius 1 is 1.16 bits per heavy atom. The Morgan fingerprint density at radius 2 is 1.84 bits per heavy atom. The molecular weight excluding hydrogens is 324 g/mol. The van der Waals surface area contributed by atoms with Crippen LogP contribution in [-0.4, -0.2) is 7.11 Å². The van der Waals surface area contributed by atoms with E-state index >= 15 is 0 Å². The third-order valence-electron chi connectivity index (χ3n) is 3.13. The van der Waals surface area contributed by atoms with E-state index in [1.165, 1.54) is 11.1 Å². The highest BCUT2D eigenvalue weighted by Gasteiger charge is 2.10. The van der Waals surface area contributed by atoms with Gasteiger partial charge in [0.2, 0.25) is 0 Å². The summed E-state index contributed by atoms with van der Waals surface area (Å²) < 4.78 is 5.16. The molecule has 3 heteroatoms. The molecule has 0 amide bonds. The maximum atomic E-state index is 6.16. The van der Waals surface area contributed by atoms with Gasteiger partial charge in [0.15, 0.2) is 0 Å². The lowest BCUT2D eigenvalue weighted by Crippen LogP contribution is -1.96. The summed E-state index contributed by atoms with van der Waals surface area (Å²) in [7, 11) is 1.68. The quantitative estimate of drug-likeness (QED) is 0.684. The highest BCUT2D eigenvalue weighted by molar-refractivity contribution is 9.09. The molecule has 1 unspecified atom stereocenters. The van der Waals surface area contributed by atoms with Crippen LogP contribution in [0.25, 0.3) is 0 Å². The standard InChI is InChI=1S/C16H16BrClO/c1-11-3-6-13(10-16(11)18)15(17)9-12-4-7-14(19-2)8-5-12/h3-8,10,15H,9H2,1-2H3. The summed E-state index contributed by atoms with van der Waals surface area (Å²) in [6, 6.07) is 14.3. The molecule has 1 nitrogen and oxygen atoms in total. The van der Waals surface area contributed by atoms with Gasteiger partial charge in [-0.25, -0.2) is 0 Å². The van der Waals surface area contributed by atoms with Gasteiger partial charge in [-0.15, -0.1) is 0 Å². The van der Waals surface area contributed by atoms with Gasteiger partial charge >= 0.3 is 0 Å². The van der Waals surface area contributed by atoms with Crippen LogP contribution < -0.4 is 4.74 Å². The fourth-order valence-corrected chi connectivity index (χ4v) is 2.74. The maximum Gasteiger partial charge on any atom is 0.118 e. The summed E-state index contributed by atoms with van der Waals surface area (Å²) in [5.41, 5.74) is 3.57. The molecule has 0 saturated carbocycles. The number of halogens is 2. The lowest BCUT2D eigenvalue weighted by atomic mass is 10.0. The van der Waals surface area contributed by atoms with Crippen molar-refractivity contribution in [2.45, 2.75) is 18.2 Å². The van der Waals surface area contributed by atoms with Crippen LogP contribution in [0, 0.1) is 6.92 Å². The average Bonchev–Trinajstić information content (AvgIpc) is 2.42. The van der Waals surface area contributed by atoms with E-state index in [4.69, 9.17) is 16.3 Å². The molecule has 0 radical (unpaired) electrons. The Kier molecular flexibility index (Phi) is 4.89. The van der Waals surface area contributed by atoms with E-state index in [2.05, 4.69) is 40.2 Å². The Hall–Kier alpha value is -0.990. The minimum atomic E-state index is 0.263. The maximum absolute atomic E-state index is 6.16. The van der Waals surface area contributed by atoms with Crippen LogP contribution in [0.15, 0.2) is 42.5 Å². The van der Waals surface area contributed by atoms with Gasteiger partial charge in [-0.1, -0.05) is 51.8 Å². The fraction of sp³-hybridized carbons (Fsp3) is 0.250. The van der Waals surface area contributed by atoms with Crippen molar-refractivity contribution in [2.75, 3.05) is 7.11 Å². The molecule has 1 atom stereocenters. The number of ether oxygens (including phenoxy) is 1. The first-order valence-corrected chi connectivity index (χ1v) is 7.42. The monoisotopic (exact) mass is 338 g/mol. The van der Waals surface area contributed by atoms with E-state index in [0.717, 1.165) is 22.8 Å². The van der Waals surface area contributed by atoms with Gasteiger partial charge in [-0.05, 0) is 48.2 Å². The first-order valence-electron chi connectivity index (χ1n) is 6.13. The zero-order chi connectivity index (χ0) is 13.8. The van der Waals surface area contributed by atoms with Crippen molar-refractivity contribution >= 4 is 27.5 Å². The normalized spacial score (nSPS) is 12.2. The molecule has 0 fully saturated rings. The molecule has 0 aromatic heterocycles. The lowest BCUT2D eigenvalue weighted by Gasteiger charge is -2.12. The number of methoxy groups -OCH3 is 1. The Balaban J connectivity index is 2.10. The van der Waals surface area contributed by atoms with Crippen molar-refractivity contribution in [1.29, 1.82) is 0 Å². The summed E-state index contributed by atoms with van der Waals surface area (Å²) >= 11 is 9.89. The van der Waals surface area contributed by atoms with Crippen LogP contribution >= 0.6 is 27.5 Å². The number of alkyl halides is 1. The molecule has 0 heterocycles. The summed E-state index contributed by atoms with van der Waals surface area (Å²) in [4.78, 5) is 0.263. The molecular formula is C16H16BrClO. The zero-order valence-electron chi connectivity index (χ0n) is 11.0. The molecule has 0 spiro atoms. The molecule has 2 aromatic rings. The molecule has 2 rings (SSSR count). The molecule has 0 bridgehead atoms. The van der Waals surface area contributed by atoms with Gasteiger partial charge in [0, 0.05) is 9.85 Å². The SMILES string of the molecule is COc1ccc(CC(Br)c2ccc(C)c(Cl)c2)cc1. The molecule has 0 aliphatic carbocycles. The first-order chi connectivity index (χ1) is 9.10. The Labute approximate surface area is 127 Å². The second-order valence-corrected chi connectivity index (χ2v) is 6.04. The Morgan fingerprint density at radius 3 is 2.42 bits per heavy atom. The van der Waals surface area contributed by atoms with E-state index in [-0.39, 0.29) is 4.83 Å². The van der Waals surface area contributed by atoms with Crippen molar-refractivity contribution in [1.82, 2.24) is 0 Å². The van der Waals surface area contributed by atoms with Gasteiger partial charge in [-0.3, -0.25) is 0 Å². The van der Waals surface area contributed by atoms with Gasteiger partial charge in [0.05, 0.1) is 7.11 Å². The van der Waals surface area contributed by atoms with Gasteiger partial charge in [0.1, 0.15) is 5.75 Å². The predicted molar refractivity (Wildman–Crippen MR) is 84.6 cm³/mol. The molecule has 100 valence electrons. The topological polar surface area (TPSA) is 9.23 Å². The van der Waals surface area contributed by atoms with Crippen molar-refractivity contribution in [2.24, 2.45) is 0 Å². The van der Waals surface area contributed by atoms with Gasteiger partial charge in [-0.2, -0.15) is 0 Å². The molecule has 2 aromatic carbocycles. The number of benzene rings is 2. The van der Waals surface area contributed by atoms with E-state index in [1.54, 1.807) is 7.11 Å². The van der Waals surface area contributed by atoms with Gasteiger partial charge < -0.3 is 4.74 Å². The lowest BCUT2D eigenvalue weighted by molar-refractivity contribution is 0.414. The number of rotatable bonds is 4. The second-order valence-electron chi connectivity index (χ2n) is 4.53. The predicted octanol–water partition coefficient (Wildman–Crippen LogP) is 5.34. The highest BCUT2D eigenvalue weighted by Crippen LogP contribution is 2.30. The number of hydrogen-bond donors (Lipinski definition) is 0. The van der Waals surface area contributed by atoms with E-state index in [1.807, 2.05) is 25.1 Å². The van der Waals surface area contributed by atoms with Crippen LogP contribution in [0.3, 0.4) is 0 Å². The van der Waals surface area contributed by atoms with Crippen LogP contribution in [0.2, 0.25) is 5.02 Å². The van der Waals surface area contributed by atoms with Crippen molar-refractivity contribution in [3.05, 3.63) is 64.2 Å².